The summed E-state index contributed by atoms with van der Waals surface area (Å²) in [4.78, 5) is 27.2. The van der Waals surface area contributed by atoms with Crippen LogP contribution in [0.4, 0.5) is 10.5 Å². The number of esters is 1. The number of amidine groups is 1. The summed E-state index contributed by atoms with van der Waals surface area (Å²) in [5.41, 5.74) is 7.46. The van der Waals surface area contributed by atoms with Gasteiger partial charge < -0.3 is 10.5 Å². The zero-order valence-corrected chi connectivity index (χ0v) is 16.7. The zero-order valence-electron chi connectivity index (χ0n) is 15.9. The van der Waals surface area contributed by atoms with E-state index in [1.165, 1.54) is 4.58 Å². The fourth-order valence-corrected chi connectivity index (χ4v) is 5.27. The second-order valence-electron chi connectivity index (χ2n) is 7.48. The molecule has 0 saturated carbocycles. The zero-order chi connectivity index (χ0) is 19.2. The summed E-state index contributed by atoms with van der Waals surface area (Å²) in [6.45, 7) is 10.5. The Morgan fingerprint density at radius 3 is 2.73 bits per heavy atom. The van der Waals surface area contributed by atoms with Crippen molar-refractivity contribution in [1.29, 1.82) is 0 Å². The van der Waals surface area contributed by atoms with Crippen LogP contribution < -0.4 is 5.73 Å². The van der Waals surface area contributed by atoms with Crippen molar-refractivity contribution < 1.29 is 18.9 Å². The first-order valence-electron chi connectivity index (χ1n) is 8.88. The standard InChI is InChI=1S/C19H25N3O3S/c1-6-25-17(23)12-8-7-9-13(10-12)21-15(20)14-19(4,5)26-16(11(2)3)22(14)18(21)24/h7-11,14,16,20H,6H2,1-5H3/p+1. The van der Waals surface area contributed by atoms with Crippen LogP contribution in [0.5, 0.6) is 0 Å². The van der Waals surface area contributed by atoms with Gasteiger partial charge in [0.25, 0.3) is 0 Å². The van der Waals surface area contributed by atoms with Gasteiger partial charge in [0.15, 0.2) is 6.04 Å². The summed E-state index contributed by atoms with van der Waals surface area (Å²) in [5.74, 6) is 0.416. The van der Waals surface area contributed by atoms with Crippen LogP contribution in [0.2, 0.25) is 0 Å². The van der Waals surface area contributed by atoms with Crippen molar-refractivity contribution in [2.24, 2.45) is 11.7 Å². The Bertz CT molecular complexity index is 788. The number of amides is 2. The number of nitrogens with zero attached hydrogens (tertiary/aromatic N) is 2. The van der Waals surface area contributed by atoms with E-state index in [0.717, 1.165) is 0 Å². The van der Waals surface area contributed by atoms with Crippen molar-refractivity contribution in [2.45, 2.75) is 50.8 Å². The Morgan fingerprint density at radius 2 is 2.12 bits per heavy atom. The lowest BCUT2D eigenvalue weighted by Crippen LogP contribution is -2.47. The molecule has 0 aliphatic carbocycles. The van der Waals surface area contributed by atoms with E-state index >= 15 is 0 Å². The highest BCUT2D eigenvalue weighted by Crippen LogP contribution is 2.49. The van der Waals surface area contributed by atoms with Crippen LogP contribution in [0.1, 0.15) is 45.0 Å². The topological polar surface area (TPSA) is 75.6 Å². The molecule has 1 aromatic rings. The van der Waals surface area contributed by atoms with Crippen molar-refractivity contribution >= 4 is 35.3 Å². The number of benzene rings is 1. The summed E-state index contributed by atoms with van der Waals surface area (Å²) in [7, 11) is 0. The minimum absolute atomic E-state index is 0.0688. The number of carbonyl (C=O) groups is 2. The number of rotatable bonds is 4. The minimum atomic E-state index is -0.406. The molecule has 2 atom stereocenters. The van der Waals surface area contributed by atoms with E-state index in [2.05, 4.69) is 27.7 Å². The molecule has 6 nitrogen and oxygen atoms in total. The first-order chi connectivity index (χ1) is 12.2. The first-order valence-corrected chi connectivity index (χ1v) is 9.76. The van der Waals surface area contributed by atoms with Gasteiger partial charge in [-0.05, 0) is 44.9 Å². The summed E-state index contributed by atoms with van der Waals surface area (Å²) in [6.07, 6.45) is 0. The van der Waals surface area contributed by atoms with Crippen LogP contribution in [0, 0.1) is 5.92 Å². The highest BCUT2D eigenvalue weighted by molar-refractivity contribution is 8.01. The SMILES string of the molecule is CCOC(=O)c1cccc([N+]2=C(N)C3N(C2=O)C(C(C)C)SC3(C)C)c1. The fraction of sp³-hybridized carbons (Fsp3) is 0.526. The van der Waals surface area contributed by atoms with Gasteiger partial charge in [0, 0.05) is 0 Å². The van der Waals surface area contributed by atoms with Gasteiger partial charge in [0.2, 0.25) is 5.84 Å². The lowest BCUT2D eigenvalue weighted by molar-refractivity contribution is -0.333. The van der Waals surface area contributed by atoms with E-state index in [1.54, 1.807) is 43.0 Å². The maximum Gasteiger partial charge on any atom is 0.445 e. The second-order valence-corrected chi connectivity index (χ2v) is 9.25. The summed E-state index contributed by atoms with van der Waals surface area (Å²) < 4.78 is 6.41. The first kappa shape index (κ1) is 18.8. The molecule has 0 radical (unpaired) electrons. The molecule has 2 aliphatic rings. The smallest absolute Gasteiger partial charge is 0.445 e. The molecule has 3 rings (SSSR count). The van der Waals surface area contributed by atoms with Crippen LogP contribution in [-0.2, 0) is 4.74 Å². The number of carbonyl (C=O) groups excluding carboxylic acids is 2. The second kappa shape index (κ2) is 6.61. The maximum atomic E-state index is 13.2. The molecule has 2 aliphatic heterocycles. The van der Waals surface area contributed by atoms with Gasteiger partial charge in [-0.2, -0.15) is 4.58 Å². The van der Waals surface area contributed by atoms with Gasteiger partial charge in [-0.15, -0.1) is 11.8 Å². The number of hydrogen-bond acceptors (Lipinski definition) is 5. The van der Waals surface area contributed by atoms with Gasteiger partial charge in [-0.3, -0.25) is 0 Å². The molecule has 26 heavy (non-hydrogen) atoms. The molecule has 140 valence electrons. The Morgan fingerprint density at radius 1 is 1.42 bits per heavy atom. The molecule has 2 heterocycles. The molecular weight excluding hydrogens is 350 g/mol. The van der Waals surface area contributed by atoms with Crippen LogP contribution >= 0.6 is 11.8 Å². The normalized spacial score (nSPS) is 24.4. The number of ether oxygens (including phenoxy) is 1. The van der Waals surface area contributed by atoms with Crippen LogP contribution in [0.15, 0.2) is 24.3 Å². The molecule has 1 fully saturated rings. The van der Waals surface area contributed by atoms with Gasteiger partial charge in [0.05, 0.1) is 16.9 Å². The predicted octanol–water partition coefficient (Wildman–Crippen LogP) is 3.18. The number of fused-ring (bicyclic) bond motifs is 1. The molecular formula is C19H26N3O3S+. The van der Waals surface area contributed by atoms with E-state index in [9.17, 15) is 9.59 Å². The van der Waals surface area contributed by atoms with Gasteiger partial charge >= 0.3 is 12.0 Å². The van der Waals surface area contributed by atoms with Crippen molar-refractivity contribution in [2.75, 3.05) is 6.61 Å². The third-order valence-corrected chi connectivity index (χ3v) is 6.62. The highest BCUT2D eigenvalue weighted by atomic mass is 32.2. The fourth-order valence-electron chi connectivity index (χ4n) is 3.68. The Labute approximate surface area is 158 Å². The Balaban J connectivity index is 2.04. The lowest BCUT2D eigenvalue weighted by Gasteiger charge is -2.20. The molecule has 1 saturated heterocycles. The molecule has 2 amide bonds. The van der Waals surface area contributed by atoms with Gasteiger partial charge in [-0.1, -0.05) is 19.9 Å². The van der Waals surface area contributed by atoms with Crippen molar-refractivity contribution in [3.05, 3.63) is 29.8 Å². The molecule has 2 N–H and O–H groups in total. The molecule has 0 spiro atoms. The molecule has 7 heteroatoms. The average Bonchev–Trinajstić information content (AvgIpc) is 3.01. The quantitative estimate of drug-likeness (QED) is 0.645. The van der Waals surface area contributed by atoms with Crippen molar-refractivity contribution in [1.82, 2.24) is 4.90 Å². The molecule has 1 aromatic carbocycles. The molecule has 2 unspecified atom stereocenters. The van der Waals surface area contributed by atoms with Crippen molar-refractivity contribution in [3.8, 4) is 0 Å². The number of hydrogen-bond donors (Lipinski definition) is 1. The molecule has 0 bridgehead atoms. The van der Waals surface area contributed by atoms with E-state index in [1.807, 2.05) is 4.90 Å². The summed E-state index contributed by atoms with van der Waals surface area (Å²) >= 11 is 1.79. The van der Waals surface area contributed by atoms with E-state index in [-0.39, 0.29) is 22.2 Å². The summed E-state index contributed by atoms with van der Waals surface area (Å²) in [6, 6.07) is 6.57. The maximum absolute atomic E-state index is 13.2. The number of urea groups is 1. The Kier molecular flexibility index (Phi) is 4.77. The van der Waals surface area contributed by atoms with Gasteiger partial charge in [0.1, 0.15) is 11.1 Å². The van der Waals surface area contributed by atoms with Gasteiger partial charge in [-0.25, -0.2) is 14.5 Å². The average molecular weight is 377 g/mol. The number of thioether (sulfide) groups is 1. The van der Waals surface area contributed by atoms with E-state index in [4.69, 9.17) is 10.5 Å². The predicted molar refractivity (Wildman–Crippen MR) is 103 cm³/mol. The van der Waals surface area contributed by atoms with Crippen LogP contribution in [0.25, 0.3) is 0 Å². The van der Waals surface area contributed by atoms with Crippen molar-refractivity contribution in [3.63, 3.8) is 0 Å². The largest absolute Gasteiger partial charge is 0.462 e. The highest BCUT2D eigenvalue weighted by Gasteiger charge is 2.62. The van der Waals surface area contributed by atoms with Crippen LogP contribution in [0.3, 0.4) is 0 Å². The van der Waals surface area contributed by atoms with Crippen LogP contribution in [-0.4, -0.2) is 50.1 Å². The third-order valence-electron chi connectivity index (χ3n) is 4.77. The lowest BCUT2D eigenvalue weighted by atomic mass is 10.0. The Hall–Kier alpha value is -2.02. The minimum Gasteiger partial charge on any atom is -0.462 e. The summed E-state index contributed by atoms with van der Waals surface area (Å²) in [5, 5.41) is 0.0688. The van der Waals surface area contributed by atoms with E-state index in [0.29, 0.717) is 29.6 Å². The molecule has 0 aromatic heterocycles. The third kappa shape index (κ3) is 2.88. The monoisotopic (exact) mass is 376 g/mol. The van der Waals surface area contributed by atoms with E-state index < -0.39 is 5.97 Å². The number of nitrogens with two attached hydrogens (primary N) is 1.